The molecule has 0 saturated heterocycles. The van der Waals surface area contributed by atoms with Crippen LogP contribution in [-0.4, -0.2) is 44.8 Å². The summed E-state index contributed by atoms with van der Waals surface area (Å²) in [6.45, 7) is 0.418. The Morgan fingerprint density at radius 1 is 0.974 bits per heavy atom. The van der Waals surface area contributed by atoms with E-state index in [1.54, 1.807) is 30.3 Å². The van der Waals surface area contributed by atoms with Gasteiger partial charge in [0.15, 0.2) is 0 Å². The SMILES string of the molecule is CNC(=O)[C@H](C)N(Cc1cccc(Cl)c1)C(=O)CN(c1ccc(Cl)c(C(F)(F)F)c1)S(=O)(=O)c1ccccc1. The number of amides is 2. The number of alkyl halides is 3. The fourth-order valence-corrected chi connectivity index (χ4v) is 5.62. The van der Waals surface area contributed by atoms with E-state index in [2.05, 4.69) is 5.32 Å². The number of carbonyl (C=O) groups excluding carboxylic acids is 2. The highest BCUT2D eigenvalue weighted by Crippen LogP contribution is 2.38. The van der Waals surface area contributed by atoms with Crippen LogP contribution in [-0.2, 0) is 32.3 Å². The van der Waals surface area contributed by atoms with Crippen LogP contribution < -0.4 is 9.62 Å². The minimum absolute atomic E-state index is 0.123. The summed E-state index contributed by atoms with van der Waals surface area (Å²) in [7, 11) is -3.16. The molecule has 0 heterocycles. The smallest absolute Gasteiger partial charge is 0.357 e. The Bertz CT molecular complexity index is 1450. The van der Waals surface area contributed by atoms with E-state index < -0.39 is 56.9 Å². The van der Waals surface area contributed by atoms with Crippen molar-refractivity contribution in [1.82, 2.24) is 10.2 Å². The van der Waals surface area contributed by atoms with Crippen LogP contribution in [0.3, 0.4) is 0 Å². The highest BCUT2D eigenvalue weighted by Gasteiger charge is 2.36. The number of nitrogens with one attached hydrogen (secondary N) is 1. The molecule has 1 atom stereocenters. The molecule has 0 bridgehead atoms. The summed E-state index contributed by atoms with van der Waals surface area (Å²) >= 11 is 11.8. The maximum Gasteiger partial charge on any atom is 0.417 e. The Kier molecular flexibility index (Phi) is 9.52. The van der Waals surface area contributed by atoms with Crippen LogP contribution in [0.4, 0.5) is 18.9 Å². The summed E-state index contributed by atoms with van der Waals surface area (Å²) in [5, 5.41) is 2.18. The molecule has 7 nitrogen and oxygen atoms in total. The van der Waals surface area contributed by atoms with Crippen molar-refractivity contribution in [3.8, 4) is 0 Å². The number of sulfonamides is 1. The molecule has 3 aromatic carbocycles. The first-order valence-corrected chi connectivity index (χ1v) is 13.7. The van der Waals surface area contributed by atoms with E-state index >= 15 is 0 Å². The highest BCUT2D eigenvalue weighted by atomic mass is 35.5. The number of rotatable bonds is 9. The molecule has 13 heteroatoms. The van der Waals surface area contributed by atoms with Gasteiger partial charge in [0.05, 0.1) is 21.2 Å². The van der Waals surface area contributed by atoms with Gasteiger partial charge in [-0.05, 0) is 55.0 Å². The Labute approximate surface area is 234 Å². The van der Waals surface area contributed by atoms with E-state index in [9.17, 15) is 31.2 Å². The molecule has 1 N–H and O–H groups in total. The van der Waals surface area contributed by atoms with Crippen molar-refractivity contribution in [2.24, 2.45) is 0 Å². The molecule has 3 aromatic rings. The second-order valence-electron chi connectivity index (χ2n) is 8.43. The van der Waals surface area contributed by atoms with Gasteiger partial charge in [-0.1, -0.05) is 53.5 Å². The lowest BCUT2D eigenvalue weighted by Gasteiger charge is -2.32. The van der Waals surface area contributed by atoms with Crippen LogP contribution in [0.2, 0.25) is 10.0 Å². The zero-order valence-corrected chi connectivity index (χ0v) is 23.1. The third kappa shape index (κ3) is 7.23. The Hall–Kier alpha value is -3.28. The van der Waals surface area contributed by atoms with Crippen LogP contribution in [0.5, 0.6) is 0 Å². The van der Waals surface area contributed by atoms with Crippen molar-refractivity contribution in [1.29, 1.82) is 0 Å². The maximum absolute atomic E-state index is 13.7. The first-order valence-electron chi connectivity index (χ1n) is 11.5. The Balaban J connectivity index is 2.11. The normalized spacial score (nSPS) is 12.5. The molecular weight excluding hydrogens is 578 g/mol. The van der Waals surface area contributed by atoms with Gasteiger partial charge in [0.1, 0.15) is 12.6 Å². The average molecular weight is 602 g/mol. The number of hydrogen-bond acceptors (Lipinski definition) is 4. The van der Waals surface area contributed by atoms with Gasteiger partial charge < -0.3 is 10.2 Å². The summed E-state index contributed by atoms with van der Waals surface area (Å²) in [6, 6.07) is 15.0. The topological polar surface area (TPSA) is 86.8 Å². The molecule has 0 aliphatic heterocycles. The summed E-state index contributed by atoms with van der Waals surface area (Å²) in [5.41, 5.74) is -1.15. The van der Waals surface area contributed by atoms with Gasteiger partial charge in [0.25, 0.3) is 10.0 Å². The van der Waals surface area contributed by atoms with Crippen molar-refractivity contribution in [2.75, 3.05) is 17.9 Å². The molecule has 0 unspecified atom stereocenters. The van der Waals surface area contributed by atoms with Crippen LogP contribution in [0.15, 0.2) is 77.7 Å². The number of likely N-dealkylation sites (N-methyl/N-ethyl adjacent to an activating group) is 1. The van der Waals surface area contributed by atoms with E-state index in [0.29, 0.717) is 21.0 Å². The third-order valence-corrected chi connectivity index (χ3v) is 8.16. The number of anilines is 1. The van der Waals surface area contributed by atoms with Crippen molar-refractivity contribution in [2.45, 2.75) is 30.6 Å². The van der Waals surface area contributed by atoms with Gasteiger partial charge in [-0.2, -0.15) is 13.2 Å². The Morgan fingerprint density at radius 2 is 1.64 bits per heavy atom. The Morgan fingerprint density at radius 3 is 2.23 bits per heavy atom. The largest absolute Gasteiger partial charge is 0.417 e. The molecule has 0 aromatic heterocycles. The van der Waals surface area contributed by atoms with Gasteiger partial charge in [-0.3, -0.25) is 13.9 Å². The number of nitrogens with zero attached hydrogens (tertiary/aromatic N) is 2. The predicted octanol–water partition coefficient (Wildman–Crippen LogP) is 5.37. The monoisotopic (exact) mass is 601 g/mol. The quantitative estimate of drug-likeness (QED) is 0.357. The van der Waals surface area contributed by atoms with E-state index in [1.165, 1.54) is 38.2 Å². The number of hydrogen-bond donors (Lipinski definition) is 1. The lowest BCUT2D eigenvalue weighted by atomic mass is 10.1. The minimum atomic E-state index is -4.88. The van der Waals surface area contributed by atoms with Gasteiger partial charge in [0.2, 0.25) is 11.8 Å². The molecule has 0 radical (unpaired) electrons. The van der Waals surface area contributed by atoms with Crippen molar-refractivity contribution >= 4 is 50.7 Å². The van der Waals surface area contributed by atoms with Crippen molar-refractivity contribution < 1.29 is 31.2 Å². The van der Waals surface area contributed by atoms with Gasteiger partial charge in [-0.25, -0.2) is 8.42 Å². The van der Waals surface area contributed by atoms with Gasteiger partial charge >= 0.3 is 6.18 Å². The molecule has 0 aliphatic rings. The molecule has 0 aliphatic carbocycles. The zero-order valence-electron chi connectivity index (χ0n) is 20.7. The highest BCUT2D eigenvalue weighted by molar-refractivity contribution is 7.92. The van der Waals surface area contributed by atoms with Crippen LogP contribution in [0, 0.1) is 0 Å². The van der Waals surface area contributed by atoms with Gasteiger partial charge in [0, 0.05) is 18.6 Å². The van der Waals surface area contributed by atoms with Crippen molar-refractivity contribution in [3.63, 3.8) is 0 Å². The molecule has 3 rings (SSSR count). The van der Waals surface area contributed by atoms with E-state index in [0.717, 1.165) is 17.0 Å². The predicted molar refractivity (Wildman–Crippen MR) is 143 cm³/mol. The fraction of sp³-hybridized carbons (Fsp3) is 0.231. The molecule has 2 amide bonds. The number of carbonyl (C=O) groups is 2. The number of benzene rings is 3. The molecular formula is C26H24Cl2F3N3O4S. The summed E-state index contributed by atoms with van der Waals surface area (Å²) in [5.74, 6) is -1.37. The average Bonchev–Trinajstić information content (AvgIpc) is 2.89. The van der Waals surface area contributed by atoms with E-state index in [4.69, 9.17) is 23.2 Å². The number of halogens is 5. The molecule has 0 saturated carbocycles. The van der Waals surface area contributed by atoms with E-state index in [-0.39, 0.29) is 11.4 Å². The van der Waals surface area contributed by atoms with Crippen molar-refractivity contribution in [3.05, 3.63) is 94.0 Å². The second kappa shape index (κ2) is 12.3. The second-order valence-corrected chi connectivity index (χ2v) is 11.1. The summed E-state index contributed by atoms with van der Waals surface area (Å²) in [4.78, 5) is 27.0. The van der Waals surface area contributed by atoms with Crippen LogP contribution in [0.25, 0.3) is 0 Å². The molecule has 208 valence electrons. The first-order chi connectivity index (χ1) is 18.3. The standard InChI is InChI=1S/C26H24Cl2F3N3O4S/c1-17(25(36)32-2)33(15-18-7-6-8-19(27)13-18)24(35)16-34(39(37,38)21-9-4-3-5-10-21)20-11-12-23(28)22(14-20)26(29,30)31/h3-14,17H,15-16H2,1-2H3,(H,32,36)/t17-/m0/s1. The maximum atomic E-state index is 13.7. The summed E-state index contributed by atoms with van der Waals surface area (Å²) < 4.78 is 68.7. The lowest BCUT2D eigenvalue weighted by Crippen LogP contribution is -2.50. The van der Waals surface area contributed by atoms with Gasteiger partial charge in [-0.15, -0.1) is 0 Å². The molecule has 0 spiro atoms. The lowest BCUT2D eigenvalue weighted by molar-refractivity contribution is -0.139. The fourth-order valence-electron chi connectivity index (χ4n) is 3.76. The molecule has 0 fully saturated rings. The minimum Gasteiger partial charge on any atom is -0.357 e. The van der Waals surface area contributed by atoms with Crippen LogP contribution >= 0.6 is 23.2 Å². The van der Waals surface area contributed by atoms with Crippen LogP contribution in [0.1, 0.15) is 18.1 Å². The molecule has 39 heavy (non-hydrogen) atoms. The zero-order chi connectivity index (χ0) is 29.0. The van der Waals surface area contributed by atoms with E-state index in [1.807, 2.05) is 0 Å². The first kappa shape index (κ1) is 30.3. The third-order valence-electron chi connectivity index (χ3n) is 5.81. The summed E-state index contributed by atoms with van der Waals surface area (Å²) in [6.07, 6.45) is -4.88.